The monoisotopic (exact) mass is 649 g/mol. The van der Waals surface area contributed by atoms with Crippen molar-refractivity contribution < 1.29 is 9.59 Å². The average Bonchev–Trinajstić information content (AvgIpc) is 3.07. The van der Waals surface area contributed by atoms with Crippen molar-refractivity contribution in [3.05, 3.63) is 59.7 Å². The Hall–Kier alpha value is -3.02. The van der Waals surface area contributed by atoms with Crippen LogP contribution in [0.5, 0.6) is 0 Å². The Morgan fingerprint density at radius 1 is 0.404 bits per heavy atom. The lowest BCUT2D eigenvalue weighted by Gasteiger charge is -2.10. The van der Waals surface area contributed by atoms with Crippen molar-refractivity contribution in [3.63, 3.8) is 0 Å². The number of benzene rings is 2. The van der Waals surface area contributed by atoms with Gasteiger partial charge in [-0.2, -0.15) is 0 Å². The number of amides is 4. The second-order valence-corrected chi connectivity index (χ2v) is 13.4. The van der Waals surface area contributed by atoms with Crippen molar-refractivity contribution in [3.8, 4) is 0 Å². The maximum absolute atomic E-state index is 12.3. The lowest BCUT2D eigenvalue weighted by molar-refractivity contribution is 0.251. The van der Waals surface area contributed by atoms with E-state index in [0.717, 1.165) is 30.6 Å². The number of urea groups is 2. The van der Waals surface area contributed by atoms with Crippen molar-refractivity contribution in [1.82, 2.24) is 10.6 Å². The lowest BCUT2D eigenvalue weighted by atomic mass is 10.0. The third kappa shape index (κ3) is 22.2. The van der Waals surface area contributed by atoms with Gasteiger partial charge in [-0.15, -0.1) is 0 Å². The third-order valence-electron chi connectivity index (χ3n) is 8.96. The number of hydrogen-bond donors (Lipinski definition) is 4. The van der Waals surface area contributed by atoms with Crippen molar-refractivity contribution >= 4 is 23.4 Å². The van der Waals surface area contributed by atoms with E-state index in [2.05, 4.69) is 35.1 Å². The highest BCUT2D eigenvalue weighted by molar-refractivity contribution is 5.89. The summed E-state index contributed by atoms with van der Waals surface area (Å²) in [6.45, 7) is 5.96. The minimum Gasteiger partial charge on any atom is -0.338 e. The summed E-state index contributed by atoms with van der Waals surface area (Å²) in [6.07, 6.45) is 29.5. The van der Waals surface area contributed by atoms with Gasteiger partial charge in [0.25, 0.3) is 0 Å². The van der Waals surface area contributed by atoms with Crippen LogP contribution in [0.15, 0.2) is 48.5 Å². The second kappa shape index (κ2) is 28.0. The summed E-state index contributed by atoms with van der Waals surface area (Å²) >= 11 is 0. The third-order valence-corrected chi connectivity index (χ3v) is 8.96. The molecule has 2 aromatic carbocycles. The van der Waals surface area contributed by atoms with Crippen LogP contribution in [0.25, 0.3) is 0 Å². The van der Waals surface area contributed by atoms with Crippen LogP contribution in [0, 0.1) is 0 Å². The molecule has 0 fully saturated rings. The van der Waals surface area contributed by atoms with Crippen LogP contribution < -0.4 is 21.3 Å². The Morgan fingerprint density at radius 3 is 0.979 bits per heavy atom. The van der Waals surface area contributed by atoms with Crippen LogP contribution in [-0.4, -0.2) is 25.2 Å². The Labute approximate surface area is 288 Å². The van der Waals surface area contributed by atoms with E-state index in [1.54, 1.807) is 0 Å². The molecular weight excluding hydrogens is 580 g/mol. The van der Waals surface area contributed by atoms with Crippen molar-refractivity contribution in [2.24, 2.45) is 0 Å². The Balaban J connectivity index is 1.50. The summed E-state index contributed by atoms with van der Waals surface area (Å²) in [6, 6.07) is 15.7. The summed E-state index contributed by atoms with van der Waals surface area (Å²) in [4.78, 5) is 24.6. The fourth-order valence-electron chi connectivity index (χ4n) is 5.98. The van der Waals surface area contributed by atoms with E-state index < -0.39 is 0 Å². The average molecular weight is 649 g/mol. The number of nitrogens with one attached hydrogen (secondary N) is 4. The predicted octanol–water partition coefficient (Wildman–Crippen LogP) is 12.1. The molecule has 0 saturated heterocycles. The molecular formula is C41H68N4O2. The normalized spacial score (nSPS) is 10.9. The fourth-order valence-corrected chi connectivity index (χ4v) is 5.98. The lowest BCUT2D eigenvalue weighted by Crippen LogP contribution is -2.29. The number of anilines is 2. The highest BCUT2D eigenvalue weighted by Gasteiger charge is 2.04. The SMILES string of the molecule is CCCCCCCCCCCCCNC(=O)Nc1ccc(Cc2ccc(NC(=O)NCCCCCCCCCCCCC)cc2)cc1. The molecule has 2 rings (SSSR count). The zero-order chi connectivity index (χ0) is 33.6. The first kappa shape index (κ1) is 40.2. The van der Waals surface area contributed by atoms with E-state index in [1.807, 2.05) is 48.5 Å². The zero-order valence-corrected chi connectivity index (χ0v) is 30.1. The van der Waals surface area contributed by atoms with Crippen LogP contribution >= 0.6 is 0 Å². The summed E-state index contributed by atoms with van der Waals surface area (Å²) in [5.41, 5.74) is 3.93. The molecule has 0 heterocycles. The topological polar surface area (TPSA) is 82.3 Å². The van der Waals surface area contributed by atoms with E-state index in [-0.39, 0.29) is 12.1 Å². The number of unbranched alkanes of at least 4 members (excludes halogenated alkanes) is 20. The number of hydrogen-bond acceptors (Lipinski definition) is 2. The Bertz CT molecular complexity index is 955. The Morgan fingerprint density at radius 2 is 0.681 bits per heavy atom. The van der Waals surface area contributed by atoms with Gasteiger partial charge in [-0.3, -0.25) is 0 Å². The number of carbonyl (C=O) groups excluding carboxylic acids is 2. The van der Waals surface area contributed by atoms with Crippen molar-refractivity contribution in [1.29, 1.82) is 0 Å². The fraction of sp³-hybridized carbons (Fsp3) is 0.659. The molecule has 264 valence electrons. The van der Waals surface area contributed by atoms with E-state index in [9.17, 15) is 9.59 Å². The van der Waals surface area contributed by atoms with E-state index in [0.29, 0.717) is 13.1 Å². The zero-order valence-electron chi connectivity index (χ0n) is 30.1. The van der Waals surface area contributed by atoms with Crippen LogP contribution in [0.3, 0.4) is 0 Å². The van der Waals surface area contributed by atoms with E-state index in [1.165, 1.54) is 140 Å². The molecule has 0 aliphatic heterocycles. The minimum atomic E-state index is -0.143. The van der Waals surface area contributed by atoms with Crippen LogP contribution in [0.2, 0.25) is 0 Å². The molecule has 0 bridgehead atoms. The summed E-state index contributed by atoms with van der Waals surface area (Å²) in [5.74, 6) is 0. The molecule has 6 heteroatoms. The summed E-state index contributed by atoms with van der Waals surface area (Å²) in [7, 11) is 0. The van der Waals surface area contributed by atoms with Gasteiger partial charge in [-0.25, -0.2) is 9.59 Å². The molecule has 0 aliphatic carbocycles. The second-order valence-electron chi connectivity index (χ2n) is 13.4. The molecule has 0 atom stereocenters. The first-order valence-electron chi connectivity index (χ1n) is 19.4. The largest absolute Gasteiger partial charge is 0.338 e. The molecule has 0 radical (unpaired) electrons. The number of carbonyl (C=O) groups is 2. The van der Waals surface area contributed by atoms with E-state index in [4.69, 9.17) is 0 Å². The van der Waals surface area contributed by atoms with Gasteiger partial charge in [0, 0.05) is 24.5 Å². The molecule has 4 N–H and O–H groups in total. The van der Waals surface area contributed by atoms with Gasteiger partial charge in [-0.1, -0.05) is 167 Å². The maximum atomic E-state index is 12.3. The van der Waals surface area contributed by atoms with Gasteiger partial charge in [-0.05, 0) is 54.7 Å². The quantitative estimate of drug-likeness (QED) is 0.0692. The van der Waals surface area contributed by atoms with Gasteiger partial charge in [0.15, 0.2) is 0 Å². The molecule has 2 aromatic rings. The van der Waals surface area contributed by atoms with Crippen LogP contribution in [-0.2, 0) is 6.42 Å². The summed E-state index contributed by atoms with van der Waals surface area (Å²) in [5, 5.41) is 11.8. The first-order chi connectivity index (χ1) is 23.1. The van der Waals surface area contributed by atoms with Gasteiger partial charge in [0.1, 0.15) is 0 Å². The highest BCUT2D eigenvalue weighted by atomic mass is 16.2. The smallest absolute Gasteiger partial charge is 0.319 e. The predicted molar refractivity (Wildman–Crippen MR) is 203 cm³/mol. The van der Waals surface area contributed by atoms with E-state index >= 15 is 0 Å². The van der Waals surface area contributed by atoms with Gasteiger partial charge in [0.2, 0.25) is 0 Å². The van der Waals surface area contributed by atoms with Gasteiger partial charge >= 0.3 is 12.1 Å². The first-order valence-corrected chi connectivity index (χ1v) is 19.4. The van der Waals surface area contributed by atoms with Gasteiger partial charge < -0.3 is 21.3 Å². The molecule has 0 spiro atoms. The Kier molecular flexibility index (Phi) is 24.0. The molecule has 47 heavy (non-hydrogen) atoms. The maximum Gasteiger partial charge on any atom is 0.319 e. The van der Waals surface area contributed by atoms with Crippen molar-refractivity contribution in [2.75, 3.05) is 23.7 Å². The summed E-state index contributed by atoms with van der Waals surface area (Å²) < 4.78 is 0. The molecule has 0 unspecified atom stereocenters. The minimum absolute atomic E-state index is 0.143. The van der Waals surface area contributed by atoms with Crippen LogP contribution in [0.4, 0.5) is 21.0 Å². The van der Waals surface area contributed by atoms with Crippen molar-refractivity contribution in [2.45, 2.75) is 162 Å². The molecule has 4 amide bonds. The molecule has 0 aliphatic rings. The van der Waals surface area contributed by atoms with Gasteiger partial charge in [0.05, 0.1) is 0 Å². The standard InChI is InChI=1S/C41H68N4O2/c1-3-5-7-9-11-13-15-17-19-21-23-33-42-40(46)44-38-29-25-36(26-30-38)35-37-27-31-39(32-28-37)45-41(47)43-34-24-22-20-18-16-14-12-10-8-6-4-2/h25-32H,3-24,33-35H2,1-2H3,(H2,42,44,46)(H2,43,45,47). The molecule has 6 nitrogen and oxygen atoms in total. The highest BCUT2D eigenvalue weighted by Crippen LogP contribution is 2.17. The number of rotatable bonds is 28. The molecule has 0 aromatic heterocycles. The van der Waals surface area contributed by atoms with Crippen LogP contribution in [0.1, 0.15) is 166 Å². The molecule has 0 saturated carbocycles.